The van der Waals surface area contributed by atoms with Gasteiger partial charge in [0.2, 0.25) is 11.8 Å². The van der Waals surface area contributed by atoms with Gasteiger partial charge in [-0.2, -0.15) is 0 Å². The number of aromatic nitrogens is 1. The molecule has 2 amide bonds. The van der Waals surface area contributed by atoms with Crippen molar-refractivity contribution in [2.24, 2.45) is 0 Å². The molecule has 1 atom stereocenters. The van der Waals surface area contributed by atoms with Crippen LogP contribution in [0.15, 0.2) is 54.7 Å². The summed E-state index contributed by atoms with van der Waals surface area (Å²) in [5.74, 6) is -0.0563. The SMILES string of the molecule is Cc1ccc(NC(=O)CSC(C)C(=O)Nc2ccc(C)c3ncccc23)cc1. The third-order valence-electron chi connectivity index (χ3n) is 4.40. The van der Waals surface area contributed by atoms with E-state index < -0.39 is 0 Å². The van der Waals surface area contributed by atoms with Crippen LogP contribution >= 0.6 is 11.8 Å². The molecule has 6 heteroatoms. The number of fused-ring (bicyclic) bond motifs is 1. The Bertz CT molecular complexity index is 1000. The van der Waals surface area contributed by atoms with Crippen LogP contribution in [0.25, 0.3) is 10.9 Å². The molecule has 3 rings (SSSR count). The first-order valence-electron chi connectivity index (χ1n) is 9.07. The predicted molar refractivity (Wildman–Crippen MR) is 117 cm³/mol. The smallest absolute Gasteiger partial charge is 0.237 e. The number of thioether (sulfide) groups is 1. The highest BCUT2D eigenvalue weighted by molar-refractivity contribution is 8.01. The molecule has 0 radical (unpaired) electrons. The molecule has 0 aliphatic heterocycles. The molecule has 2 aromatic carbocycles. The normalized spacial score (nSPS) is 11.8. The van der Waals surface area contributed by atoms with Gasteiger partial charge >= 0.3 is 0 Å². The van der Waals surface area contributed by atoms with E-state index in [1.165, 1.54) is 11.8 Å². The number of hydrogen-bond acceptors (Lipinski definition) is 4. The molecule has 0 aliphatic rings. The lowest BCUT2D eigenvalue weighted by molar-refractivity contribution is -0.115. The van der Waals surface area contributed by atoms with E-state index in [0.29, 0.717) is 0 Å². The van der Waals surface area contributed by atoms with Gasteiger partial charge in [-0.05, 0) is 56.7 Å². The number of amides is 2. The van der Waals surface area contributed by atoms with E-state index >= 15 is 0 Å². The van der Waals surface area contributed by atoms with Gasteiger partial charge in [-0.3, -0.25) is 14.6 Å². The van der Waals surface area contributed by atoms with Crippen LogP contribution in [0.5, 0.6) is 0 Å². The summed E-state index contributed by atoms with van der Waals surface area (Å²) >= 11 is 1.30. The van der Waals surface area contributed by atoms with Gasteiger partial charge in [0.25, 0.3) is 0 Å². The summed E-state index contributed by atoms with van der Waals surface area (Å²) in [6.07, 6.45) is 1.74. The molecule has 0 aliphatic carbocycles. The highest BCUT2D eigenvalue weighted by Gasteiger charge is 2.17. The fraction of sp³-hybridized carbons (Fsp3) is 0.227. The number of carbonyl (C=O) groups is 2. The van der Waals surface area contributed by atoms with Crippen molar-refractivity contribution < 1.29 is 9.59 Å². The minimum absolute atomic E-state index is 0.126. The highest BCUT2D eigenvalue weighted by Crippen LogP contribution is 2.25. The lowest BCUT2D eigenvalue weighted by atomic mass is 10.1. The van der Waals surface area contributed by atoms with Crippen LogP contribution < -0.4 is 10.6 Å². The Morgan fingerprint density at radius 1 is 1.04 bits per heavy atom. The summed E-state index contributed by atoms with van der Waals surface area (Å²) in [5, 5.41) is 6.35. The average Bonchev–Trinajstić information content (AvgIpc) is 2.70. The molecule has 3 aromatic rings. The van der Waals surface area contributed by atoms with Gasteiger partial charge in [-0.1, -0.05) is 23.8 Å². The number of rotatable bonds is 6. The second-order valence-corrected chi connectivity index (χ2v) is 8.02. The monoisotopic (exact) mass is 393 g/mol. The van der Waals surface area contributed by atoms with Crippen molar-refractivity contribution in [2.75, 3.05) is 16.4 Å². The number of pyridine rings is 1. The molecule has 144 valence electrons. The van der Waals surface area contributed by atoms with Gasteiger partial charge < -0.3 is 10.6 Å². The van der Waals surface area contributed by atoms with Crippen molar-refractivity contribution in [3.63, 3.8) is 0 Å². The summed E-state index contributed by atoms with van der Waals surface area (Å²) in [5.41, 5.74) is 4.56. The lowest BCUT2D eigenvalue weighted by Gasteiger charge is -2.14. The molecular weight excluding hydrogens is 370 g/mol. The molecule has 2 N–H and O–H groups in total. The maximum atomic E-state index is 12.6. The van der Waals surface area contributed by atoms with Crippen LogP contribution in [-0.4, -0.2) is 27.8 Å². The third-order valence-corrected chi connectivity index (χ3v) is 5.54. The zero-order chi connectivity index (χ0) is 20.1. The lowest BCUT2D eigenvalue weighted by Crippen LogP contribution is -2.25. The molecule has 1 unspecified atom stereocenters. The minimum atomic E-state index is -0.364. The summed E-state index contributed by atoms with van der Waals surface area (Å²) in [4.78, 5) is 29.1. The number of anilines is 2. The van der Waals surface area contributed by atoms with Crippen LogP contribution in [0.3, 0.4) is 0 Å². The summed E-state index contributed by atoms with van der Waals surface area (Å²) in [7, 11) is 0. The Morgan fingerprint density at radius 2 is 1.79 bits per heavy atom. The highest BCUT2D eigenvalue weighted by atomic mass is 32.2. The van der Waals surface area contributed by atoms with E-state index in [9.17, 15) is 9.59 Å². The Kier molecular flexibility index (Phi) is 6.31. The van der Waals surface area contributed by atoms with Gasteiger partial charge in [0.15, 0.2) is 0 Å². The van der Waals surface area contributed by atoms with Gasteiger partial charge in [0, 0.05) is 17.3 Å². The van der Waals surface area contributed by atoms with Crippen LogP contribution in [0, 0.1) is 13.8 Å². The number of hydrogen-bond donors (Lipinski definition) is 2. The molecule has 0 bridgehead atoms. The molecule has 0 fully saturated rings. The van der Waals surface area contributed by atoms with Crippen molar-refractivity contribution in [3.05, 3.63) is 65.9 Å². The van der Waals surface area contributed by atoms with E-state index in [1.807, 2.05) is 62.4 Å². The van der Waals surface area contributed by atoms with E-state index in [4.69, 9.17) is 0 Å². The predicted octanol–water partition coefficient (Wildman–Crippen LogP) is 4.55. The number of aryl methyl sites for hydroxylation is 2. The quantitative estimate of drug-likeness (QED) is 0.644. The average molecular weight is 394 g/mol. The Morgan fingerprint density at radius 3 is 2.54 bits per heavy atom. The maximum Gasteiger partial charge on any atom is 0.237 e. The molecular formula is C22H23N3O2S. The molecule has 28 heavy (non-hydrogen) atoms. The van der Waals surface area contributed by atoms with Gasteiger partial charge in [-0.15, -0.1) is 11.8 Å². The first-order valence-corrected chi connectivity index (χ1v) is 10.1. The minimum Gasteiger partial charge on any atom is -0.325 e. The number of benzene rings is 2. The standard InChI is InChI=1S/C22H23N3O2S/c1-14-6-9-17(10-7-14)24-20(26)13-28-16(3)22(27)25-19-11-8-15(2)21-18(19)5-4-12-23-21/h4-12,16H,13H2,1-3H3,(H,24,26)(H,25,27). The van der Waals surface area contributed by atoms with E-state index in [1.54, 1.807) is 13.1 Å². The molecule has 1 heterocycles. The second-order valence-electron chi connectivity index (χ2n) is 6.69. The molecule has 5 nitrogen and oxygen atoms in total. The van der Waals surface area contributed by atoms with Crippen LogP contribution in [0.2, 0.25) is 0 Å². The first-order chi connectivity index (χ1) is 13.4. The molecule has 0 saturated heterocycles. The first kappa shape index (κ1) is 19.9. The topological polar surface area (TPSA) is 71.1 Å². The number of nitrogens with one attached hydrogen (secondary N) is 2. The maximum absolute atomic E-state index is 12.6. The second kappa shape index (κ2) is 8.89. The molecule has 0 spiro atoms. The Balaban J connectivity index is 1.57. The fourth-order valence-electron chi connectivity index (χ4n) is 2.77. The van der Waals surface area contributed by atoms with Crippen molar-refractivity contribution in [2.45, 2.75) is 26.0 Å². The zero-order valence-electron chi connectivity index (χ0n) is 16.2. The Labute approximate surface area is 168 Å². The summed E-state index contributed by atoms with van der Waals surface area (Å²) in [6, 6.07) is 15.2. The molecule has 0 saturated carbocycles. The van der Waals surface area contributed by atoms with Crippen molar-refractivity contribution in [1.82, 2.24) is 4.98 Å². The zero-order valence-corrected chi connectivity index (χ0v) is 17.0. The van der Waals surface area contributed by atoms with Crippen molar-refractivity contribution in [3.8, 4) is 0 Å². The molecule has 1 aromatic heterocycles. The summed E-state index contributed by atoms with van der Waals surface area (Å²) < 4.78 is 0. The Hall–Kier alpha value is -2.86. The number of nitrogens with zero attached hydrogens (tertiary/aromatic N) is 1. The number of carbonyl (C=O) groups excluding carboxylic acids is 2. The fourth-order valence-corrected chi connectivity index (χ4v) is 3.45. The third kappa shape index (κ3) is 4.89. The van der Waals surface area contributed by atoms with Crippen molar-refractivity contribution in [1.29, 1.82) is 0 Å². The van der Waals surface area contributed by atoms with Gasteiger partial charge in [0.05, 0.1) is 22.2 Å². The van der Waals surface area contributed by atoms with Crippen LogP contribution in [-0.2, 0) is 9.59 Å². The van der Waals surface area contributed by atoms with Gasteiger partial charge in [-0.25, -0.2) is 0 Å². The van der Waals surface area contributed by atoms with Crippen LogP contribution in [0.1, 0.15) is 18.1 Å². The van der Waals surface area contributed by atoms with Gasteiger partial charge in [0.1, 0.15) is 0 Å². The van der Waals surface area contributed by atoms with Crippen molar-refractivity contribution >= 4 is 45.9 Å². The van der Waals surface area contributed by atoms with E-state index in [2.05, 4.69) is 15.6 Å². The van der Waals surface area contributed by atoms with E-state index in [-0.39, 0.29) is 22.8 Å². The summed E-state index contributed by atoms with van der Waals surface area (Å²) in [6.45, 7) is 5.79. The largest absolute Gasteiger partial charge is 0.325 e. The van der Waals surface area contributed by atoms with Crippen LogP contribution in [0.4, 0.5) is 11.4 Å². The van der Waals surface area contributed by atoms with E-state index in [0.717, 1.165) is 33.4 Å².